The van der Waals surface area contributed by atoms with E-state index in [-0.39, 0.29) is 23.6 Å². The maximum absolute atomic E-state index is 12.3. The monoisotopic (exact) mass is 387 g/mol. The smallest absolute Gasteiger partial charge is 0.353 e. The molecule has 0 spiro atoms. The molecular weight excluding hydrogens is 366 g/mol. The molecule has 4 atom stereocenters. The van der Waals surface area contributed by atoms with Crippen LogP contribution in [0.3, 0.4) is 0 Å². The van der Waals surface area contributed by atoms with Crippen LogP contribution in [-0.2, 0) is 16.0 Å². The molecule has 27 heavy (non-hydrogen) atoms. The number of rotatable bonds is 6. The first-order chi connectivity index (χ1) is 12.9. The number of carbonyl (C=O) groups is 2. The van der Waals surface area contributed by atoms with Crippen LogP contribution in [0.15, 0.2) is 41.2 Å². The molecule has 0 aromatic carbocycles. The lowest BCUT2D eigenvalue weighted by atomic mass is 9.79. The minimum absolute atomic E-state index is 0.0781. The minimum Gasteiger partial charge on any atom is -0.477 e. The predicted molar refractivity (Wildman–Crippen MR) is 101 cm³/mol. The fourth-order valence-electron chi connectivity index (χ4n) is 4.09. The van der Waals surface area contributed by atoms with Crippen LogP contribution in [0.4, 0.5) is 0 Å². The van der Waals surface area contributed by atoms with Gasteiger partial charge in [0.15, 0.2) is 0 Å². The van der Waals surface area contributed by atoms with Crippen molar-refractivity contribution >= 4 is 29.3 Å². The molecule has 7 nitrogen and oxygen atoms in total. The molecule has 4 heterocycles. The van der Waals surface area contributed by atoms with Gasteiger partial charge in [-0.1, -0.05) is 13.0 Å². The lowest BCUT2D eigenvalue weighted by molar-refractivity contribution is -0.163. The molecule has 2 aromatic rings. The number of thioether (sulfide) groups is 1. The Hall–Kier alpha value is -2.32. The largest absolute Gasteiger partial charge is 0.477 e. The van der Waals surface area contributed by atoms with Crippen molar-refractivity contribution in [2.24, 2.45) is 11.8 Å². The Morgan fingerprint density at radius 1 is 1.41 bits per heavy atom. The highest BCUT2D eigenvalue weighted by atomic mass is 32.2. The zero-order valence-corrected chi connectivity index (χ0v) is 15.9. The number of hydrogen-bond acceptors (Lipinski definition) is 5. The summed E-state index contributed by atoms with van der Waals surface area (Å²) in [4.78, 5) is 30.7. The van der Waals surface area contributed by atoms with E-state index in [1.807, 2.05) is 41.9 Å². The number of aryl methyl sites for hydroxylation is 1. The predicted octanol–water partition coefficient (Wildman–Crippen LogP) is 1.76. The Labute approximate surface area is 160 Å². The molecule has 0 radical (unpaired) electrons. The quantitative estimate of drug-likeness (QED) is 0.734. The molecule has 142 valence electrons. The van der Waals surface area contributed by atoms with Gasteiger partial charge in [-0.2, -0.15) is 0 Å². The summed E-state index contributed by atoms with van der Waals surface area (Å²) in [5.41, 5.74) is 1.90. The number of amides is 1. The van der Waals surface area contributed by atoms with Crippen molar-refractivity contribution in [3.05, 3.63) is 46.9 Å². The van der Waals surface area contributed by atoms with Crippen LogP contribution in [-0.4, -0.2) is 54.3 Å². The molecule has 1 amide bonds. The zero-order chi connectivity index (χ0) is 19.3. The molecular formula is C19H21N3O4S. The van der Waals surface area contributed by atoms with Gasteiger partial charge in [-0.3, -0.25) is 4.79 Å². The highest BCUT2D eigenvalue weighted by Crippen LogP contribution is 2.50. The average Bonchev–Trinajstić information content (AvgIpc) is 3.12. The summed E-state index contributed by atoms with van der Waals surface area (Å²) in [7, 11) is 0. The maximum Gasteiger partial charge on any atom is 0.353 e. The Balaban J connectivity index is 1.50. The lowest BCUT2D eigenvalue weighted by Crippen LogP contribution is -2.63. The second-order valence-corrected chi connectivity index (χ2v) is 8.21. The summed E-state index contributed by atoms with van der Waals surface area (Å²) < 4.78 is 1.96. The van der Waals surface area contributed by atoms with Crippen LogP contribution in [0.1, 0.15) is 19.5 Å². The zero-order valence-electron chi connectivity index (χ0n) is 15.1. The first-order valence-electron chi connectivity index (χ1n) is 8.94. The van der Waals surface area contributed by atoms with Gasteiger partial charge in [0.25, 0.3) is 0 Å². The molecule has 0 aliphatic carbocycles. The van der Waals surface area contributed by atoms with Crippen molar-refractivity contribution in [1.29, 1.82) is 0 Å². The first kappa shape index (κ1) is 18.1. The first-order valence-corrected chi connectivity index (χ1v) is 9.92. The Bertz CT molecular complexity index is 918. The number of aliphatic hydroxyl groups excluding tert-OH is 1. The number of carboxylic acids is 1. The summed E-state index contributed by atoms with van der Waals surface area (Å²) in [6.45, 7) is 3.52. The summed E-state index contributed by atoms with van der Waals surface area (Å²) in [6.07, 6.45) is 3.84. The molecule has 2 aliphatic rings. The Kier molecular flexibility index (Phi) is 4.47. The molecule has 4 rings (SSSR count). The van der Waals surface area contributed by atoms with E-state index in [0.29, 0.717) is 17.1 Å². The molecule has 2 N–H and O–H groups in total. The molecule has 4 unspecified atom stereocenters. The SMILES string of the molecule is CC(O)C1C(=O)N2C(C(=O)O)=C(SCCc3cn4ccccc4n3)C(C)C12. The van der Waals surface area contributed by atoms with Crippen LogP contribution < -0.4 is 0 Å². The van der Waals surface area contributed by atoms with Crippen LogP contribution in [0.5, 0.6) is 0 Å². The van der Waals surface area contributed by atoms with Crippen LogP contribution in [0.2, 0.25) is 0 Å². The molecule has 0 saturated carbocycles. The van der Waals surface area contributed by atoms with Gasteiger partial charge in [-0.05, 0) is 19.1 Å². The van der Waals surface area contributed by atoms with Gasteiger partial charge in [0.05, 0.1) is 23.8 Å². The van der Waals surface area contributed by atoms with E-state index in [1.165, 1.54) is 16.7 Å². The van der Waals surface area contributed by atoms with Crippen molar-refractivity contribution in [2.75, 3.05) is 5.75 Å². The van der Waals surface area contributed by atoms with Gasteiger partial charge in [0.1, 0.15) is 11.3 Å². The van der Waals surface area contributed by atoms with Crippen LogP contribution >= 0.6 is 11.8 Å². The topological polar surface area (TPSA) is 95.1 Å². The normalized spacial score (nSPS) is 25.7. The van der Waals surface area contributed by atoms with Gasteiger partial charge in [-0.25, -0.2) is 9.78 Å². The number of imidazole rings is 1. The van der Waals surface area contributed by atoms with Crippen molar-refractivity contribution in [3.63, 3.8) is 0 Å². The number of aromatic nitrogens is 2. The van der Waals surface area contributed by atoms with Gasteiger partial charge < -0.3 is 19.5 Å². The third-order valence-electron chi connectivity index (χ3n) is 5.34. The number of β-lactam (4-membered cyclic amide) rings is 1. The van der Waals surface area contributed by atoms with E-state index < -0.39 is 18.0 Å². The number of carboxylic acid groups (broad SMARTS) is 1. The van der Waals surface area contributed by atoms with E-state index in [1.54, 1.807) is 6.92 Å². The Morgan fingerprint density at radius 2 is 2.19 bits per heavy atom. The highest BCUT2D eigenvalue weighted by molar-refractivity contribution is 8.03. The summed E-state index contributed by atoms with van der Waals surface area (Å²) in [5.74, 6) is -1.33. The van der Waals surface area contributed by atoms with Gasteiger partial charge in [-0.15, -0.1) is 11.8 Å². The van der Waals surface area contributed by atoms with Crippen LogP contribution in [0, 0.1) is 11.8 Å². The second-order valence-electron chi connectivity index (χ2n) is 7.07. The lowest BCUT2D eigenvalue weighted by Gasteiger charge is -2.46. The number of aliphatic hydroxyl groups is 1. The van der Waals surface area contributed by atoms with Gasteiger partial charge in [0, 0.05) is 35.4 Å². The third-order valence-corrected chi connectivity index (χ3v) is 6.63. The number of nitrogens with zero attached hydrogens (tertiary/aromatic N) is 3. The standard InChI is InChI=1S/C19H21N3O4S/c1-10-15-14(11(2)23)18(24)22(15)16(19(25)26)17(10)27-8-6-12-9-21-7-4-3-5-13(21)20-12/h3-5,7,9-11,14-15,23H,6,8H2,1-2H3,(H,25,26). The number of carbonyl (C=O) groups excluding carboxylic acids is 1. The number of hydrogen-bond donors (Lipinski definition) is 2. The van der Waals surface area contributed by atoms with Crippen molar-refractivity contribution < 1.29 is 19.8 Å². The summed E-state index contributed by atoms with van der Waals surface area (Å²) in [6, 6.07) is 5.55. The van der Waals surface area contributed by atoms with Crippen molar-refractivity contribution in [3.8, 4) is 0 Å². The Morgan fingerprint density at radius 3 is 2.85 bits per heavy atom. The van der Waals surface area contributed by atoms with Crippen molar-refractivity contribution in [2.45, 2.75) is 32.4 Å². The molecule has 2 aliphatic heterocycles. The number of pyridine rings is 1. The summed E-state index contributed by atoms with van der Waals surface area (Å²) >= 11 is 1.47. The fourth-order valence-corrected chi connectivity index (χ4v) is 5.34. The maximum atomic E-state index is 12.3. The van der Waals surface area contributed by atoms with E-state index in [0.717, 1.165) is 11.3 Å². The third kappa shape index (κ3) is 2.83. The molecule has 1 fully saturated rings. The fraction of sp³-hybridized carbons (Fsp3) is 0.421. The van der Waals surface area contributed by atoms with E-state index in [4.69, 9.17) is 0 Å². The van der Waals surface area contributed by atoms with Gasteiger partial charge in [0.2, 0.25) is 5.91 Å². The second kappa shape index (κ2) is 6.69. The van der Waals surface area contributed by atoms with E-state index in [9.17, 15) is 19.8 Å². The van der Waals surface area contributed by atoms with Crippen molar-refractivity contribution in [1.82, 2.24) is 14.3 Å². The van der Waals surface area contributed by atoms with E-state index in [2.05, 4.69) is 4.98 Å². The minimum atomic E-state index is -1.09. The molecule has 8 heteroatoms. The van der Waals surface area contributed by atoms with Crippen LogP contribution in [0.25, 0.3) is 5.65 Å². The highest BCUT2D eigenvalue weighted by Gasteiger charge is 2.59. The molecule has 1 saturated heterocycles. The average molecular weight is 387 g/mol. The summed E-state index contributed by atoms with van der Waals surface area (Å²) in [5, 5.41) is 19.5. The number of aliphatic carboxylic acids is 1. The number of fused-ring (bicyclic) bond motifs is 2. The van der Waals surface area contributed by atoms with E-state index >= 15 is 0 Å². The molecule has 0 bridgehead atoms. The van der Waals surface area contributed by atoms with Gasteiger partial charge >= 0.3 is 5.97 Å². The molecule has 2 aromatic heterocycles.